The summed E-state index contributed by atoms with van der Waals surface area (Å²) >= 11 is 1.54. The number of aliphatic carboxylic acids is 1. The topological polar surface area (TPSA) is 66.8 Å². The van der Waals surface area contributed by atoms with Crippen molar-refractivity contribution in [1.82, 2.24) is 4.90 Å². The predicted molar refractivity (Wildman–Crippen MR) is 61.6 cm³/mol. The maximum Gasteiger partial charge on any atom is 0.328 e. The number of hydrogen-bond donors (Lipinski definition) is 1. The van der Waals surface area contributed by atoms with Crippen LogP contribution in [0.2, 0.25) is 0 Å². The Morgan fingerprint density at radius 2 is 2.31 bits per heavy atom. The van der Waals surface area contributed by atoms with Crippen LogP contribution in [0, 0.1) is 0 Å². The van der Waals surface area contributed by atoms with Crippen LogP contribution in [0.4, 0.5) is 0 Å². The molecule has 16 heavy (non-hydrogen) atoms. The average Bonchev–Trinajstić information content (AvgIpc) is 2.29. The zero-order valence-electron chi connectivity index (χ0n) is 9.35. The first-order valence-corrected chi connectivity index (χ1v) is 6.50. The number of amides is 1. The Kier molecular flexibility index (Phi) is 5.62. The van der Waals surface area contributed by atoms with Crippen LogP contribution in [-0.2, 0) is 14.3 Å². The van der Waals surface area contributed by atoms with Gasteiger partial charge in [-0.1, -0.05) is 6.92 Å². The minimum atomic E-state index is -0.992. The van der Waals surface area contributed by atoms with E-state index in [2.05, 4.69) is 0 Å². The van der Waals surface area contributed by atoms with Crippen LogP contribution in [0.1, 0.15) is 13.3 Å². The van der Waals surface area contributed by atoms with Crippen LogP contribution in [-0.4, -0.2) is 59.2 Å². The first-order valence-electron chi connectivity index (χ1n) is 5.34. The second-order valence-corrected chi connectivity index (χ2v) is 4.67. The maximum atomic E-state index is 11.8. The molecule has 0 spiro atoms. The lowest BCUT2D eigenvalue weighted by Crippen LogP contribution is -2.53. The molecule has 0 aliphatic carbocycles. The number of carboxylic acids is 1. The predicted octanol–water partition coefficient (Wildman–Crippen LogP) is 0.442. The molecule has 5 nitrogen and oxygen atoms in total. The molecule has 92 valence electrons. The highest BCUT2D eigenvalue weighted by atomic mass is 32.2. The van der Waals surface area contributed by atoms with Crippen molar-refractivity contribution in [2.45, 2.75) is 19.4 Å². The third-order valence-electron chi connectivity index (χ3n) is 2.31. The van der Waals surface area contributed by atoms with Crippen molar-refractivity contribution < 1.29 is 19.4 Å². The smallest absolute Gasteiger partial charge is 0.328 e. The fraction of sp³-hybridized carbons (Fsp3) is 0.800. The molecular weight excluding hydrogens is 230 g/mol. The number of ether oxygens (including phenoxy) is 1. The van der Waals surface area contributed by atoms with E-state index in [1.165, 1.54) is 4.90 Å². The number of morpholine rings is 1. The van der Waals surface area contributed by atoms with Gasteiger partial charge in [0.05, 0.1) is 19.0 Å². The monoisotopic (exact) mass is 247 g/mol. The Morgan fingerprint density at radius 1 is 1.56 bits per heavy atom. The van der Waals surface area contributed by atoms with Gasteiger partial charge in [-0.05, 0) is 12.2 Å². The Morgan fingerprint density at radius 3 is 2.94 bits per heavy atom. The minimum Gasteiger partial charge on any atom is -0.480 e. The van der Waals surface area contributed by atoms with Crippen molar-refractivity contribution >= 4 is 23.6 Å². The van der Waals surface area contributed by atoms with E-state index in [9.17, 15) is 9.59 Å². The van der Waals surface area contributed by atoms with Crippen molar-refractivity contribution in [3.05, 3.63) is 0 Å². The molecule has 1 unspecified atom stereocenters. The normalized spacial score (nSPS) is 20.8. The molecule has 1 rings (SSSR count). The quantitative estimate of drug-likeness (QED) is 0.714. The standard InChI is InChI=1S/C10H17NO4S/c1-2-5-16-7-9(12)11-3-4-15-6-8(11)10(13)14/h8H,2-7H2,1H3,(H,13,14). The first-order chi connectivity index (χ1) is 7.66. The molecule has 1 N–H and O–H groups in total. The zero-order valence-corrected chi connectivity index (χ0v) is 10.2. The molecule has 0 aromatic heterocycles. The fourth-order valence-electron chi connectivity index (χ4n) is 1.49. The number of hydrogen-bond acceptors (Lipinski definition) is 4. The lowest BCUT2D eigenvalue weighted by Gasteiger charge is -2.32. The van der Waals surface area contributed by atoms with Gasteiger partial charge in [-0.2, -0.15) is 11.8 Å². The van der Waals surface area contributed by atoms with Gasteiger partial charge in [0.1, 0.15) is 0 Å². The van der Waals surface area contributed by atoms with Crippen molar-refractivity contribution in [3.8, 4) is 0 Å². The molecule has 1 amide bonds. The number of rotatable bonds is 5. The molecule has 0 radical (unpaired) electrons. The fourth-order valence-corrected chi connectivity index (χ4v) is 2.27. The number of thioether (sulfide) groups is 1. The van der Waals surface area contributed by atoms with E-state index < -0.39 is 12.0 Å². The van der Waals surface area contributed by atoms with Crippen molar-refractivity contribution in [3.63, 3.8) is 0 Å². The Labute approximate surface area is 99.1 Å². The zero-order chi connectivity index (χ0) is 12.0. The summed E-state index contributed by atoms with van der Waals surface area (Å²) in [7, 11) is 0. The highest BCUT2D eigenvalue weighted by Crippen LogP contribution is 2.11. The van der Waals surface area contributed by atoms with E-state index >= 15 is 0 Å². The summed E-state index contributed by atoms with van der Waals surface area (Å²) in [5.41, 5.74) is 0. The van der Waals surface area contributed by atoms with Crippen LogP contribution in [0.5, 0.6) is 0 Å². The molecule has 1 heterocycles. The summed E-state index contributed by atoms with van der Waals surface area (Å²) in [6, 6.07) is -0.816. The highest BCUT2D eigenvalue weighted by Gasteiger charge is 2.32. The van der Waals surface area contributed by atoms with Gasteiger partial charge in [-0.25, -0.2) is 4.79 Å². The summed E-state index contributed by atoms with van der Waals surface area (Å²) in [4.78, 5) is 24.1. The Hall–Kier alpha value is -0.750. The molecule has 1 atom stereocenters. The van der Waals surface area contributed by atoms with Crippen molar-refractivity contribution in [2.75, 3.05) is 31.3 Å². The van der Waals surface area contributed by atoms with Crippen molar-refractivity contribution in [2.24, 2.45) is 0 Å². The summed E-state index contributed by atoms with van der Waals surface area (Å²) in [6.45, 7) is 2.95. The summed E-state index contributed by atoms with van der Waals surface area (Å²) in [5.74, 6) is 0.188. The molecule has 0 aromatic rings. The van der Waals surface area contributed by atoms with Gasteiger partial charge < -0.3 is 14.7 Å². The lowest BCUT2D eigenvalue weighted by molar-refractivity contribution is -0.157. The van der Waals surface area contributed by atoms with E-state index in [1.54, 1.807) is 11.8 Å². The SMILES string of the molecule is CCCSCC(=O)N1CCOCC1C(=O)O. The van der Waals surface area contributed by atoms with Gasteiger partial charge in [0.25, 0.3) is 0 Å². The molecule has 1 aliphatic heterocycles. The molecule has 0 aromatic carbocycles. The second kappa shape index (κ2) is 6.75. The summed E-state index contributed by atoms with van der Waals surface area (Å²) in [5, 5.41) is 8.95. The number of carbonyl (C=O) groups is 2. The molecule has 0 saturated carbocycles. The number of carbonyl (C=O) groups excluding carboxylic acids is 1. The lowest BCUT2D eigenvalue weighted by atomic mass is 10.2. The van der Waals surface area contributed by atoms with Gasteiger partial charge in [0.2, 0.25) is 5.91 Å². The molecular formula is C10H17NO4S. The summed E-state index contributed by atoms with van der Waals surface area (Å²) < 4.78 is 5.07. The number of nitrogens with zero attached hydrogens (tertiary/aromatic N) is 1. The maximum absolute atomic E-state index is 11.8. The molecule has 1 aliphatic rings. The van der Waals surface area contributed by atoms with E-state index in [0.29, 0.717) is 18.9 Å². The summed E-state index contributed by atoms with van der Waals surface area (Å²) in [6.07, 6.45) is 1.02. The second-order valence-electron chi connectivity index (χ2n) is 3.57. The van der Waals surface area contributed by atoms with E-state index in [0.717, 1.165) is 12.2 Å². The Balaban J connectivity index is 2.47. The van der Waals surface area contributed by atoms with E-state index in [1.807, 2.05) is 6.92 Å². The average molecular weight is 247 g/mol. The minimum absolute atomic E-state index is 0.0967. The van der Waals surface area contributed by atoms with Gasteiger partial charge in [-0.15, -0.1) is 0 Å². The van der Waals surface area contributed by atoms with Crippen LogP contribution in [0.15, 0.2) is 0 Å². The van der Waals surface area contributed by atoms with Crippen molar-refractivity contribution in [1.29, 1.82) is 0 Å². The van der Waals surface area contributed by atoms with E-state index in [4.69, 9.17) is 9.84 Å². The van der Waals surface area contributed by atoms with Gasteiger partial charge in [0.15, 0.2) is 6.04 Å². The molecule has 1 fully saturated rings. The van der Waals surface area contributed by atoms with Gasteiger partial charge in [0, 0.05) is 6.54 Å². The third-order valence-corrected chi connectivity index (χ3v) is 3.46. The first kappa shape index (κ1) is 13.3. The van der Waals surface area contributed by atoms with Crippen LogP contribution >= 0.6 is 11.8 Å². The number of carboxylic acid groups (broad SMARTS) is 1. The van der Waals surface area contributed by atoms with E-state index in [-0.39, 0.29) is 12.5 Å². The molecule has 6 heteroatoms. The van der Waals surface area contributed by atoms with Crippen LogP contribution < -0.4 is 0 Å². The van der Waals surface area contributed by atoms with Crippen LogP contribution in [0.25, 0.3) is 0 Å². The highest BCUT2D eigenvalue weighted by molar-refractivity contribution is 7.99. The molecule has 1 saturated heterocycles. The third kappa shape index (κ3) is 3.68. The molecule has 0 bridgehead atoms. The van der Waals surface area contributed by atoms with Gasteiger partial charge in [-0.3, -0.25) is 4.79 Å². The van der Waals surface area contributed by atoms with Crippen LogP contribution in [0.3, 0.4) is 0 Å². The Bertz CT molecular complexity index is 259. The largest absolute Gasteiger partial charge is 0.480 e. The van der Waals surface area contributed by atoms with Gasteiger partial charge >= 0.3 is 5.97 Å².